The smallest absolute Gasteiger partial charge is 0.325 e. The number of benzene rings is 1. The molecule has 0 spiro atoms. The first-order valence-electron chi connectivity index (χ1n) is 11.4. The van der Waals surface area contributed by atoms with E-state index in [2.05, 4.69) is 4.74 Å². The summed E-state index contributed by atoms with van der Waals surface area (Å²) in [6.07, 6.45) is 0. The van der Waals surface area contributed by atoms with Crippen LogP contribution in [0.1, 0.15) is 0 Å². The van der Waals surface area contributed by atoms with E-state index in [0.29, 0.717) is 19.6 Å². The van der Waals surface area contributed by atoms with E-state index in [9.17, 15) is 41.8 Å². The van der Waals surface area contributed by atoms with Gasteiger partial charge in [-0.1, -0.05) is 0 Å². The summed E-state index contributed by atoms with van der Waals surface area (Å²) in [4.78, 5) is 51.6. The van der Waals surface area contributed by atoms with Gasteiger partial charge in [0.1, 0.15) is 13.5 Å². The van der Waals surface area contributed by atoms with Gasteiger partial charge in [-0.2, -0.15) is 8.78 Å². The van der Waals surface area contributed by atoms with Gasteiger partial charge in [0.25, 0.3) is 12.9 Å². The second-order valence-electron chi connectivity index (χ2n) is 8.24. The number of ether oxygens (including phenoxy) is 3. The molecule has 0 aromatic heterocycles. The van der Waals surface area contributed by atoms with Gasteiger partial charge in [-0.3, -0.25) is 38.8 Å². The summed E-state index contributed by atoms with van der Waals surface area (Å²) in [6.45, 7) is 1.33. The highest BCUT2D eigenvalue weighted by Crippen LogP contribution is 2.26. The molecule has 1 heterocycles. The molecular formula is C22H28F4N4O8. The summed E-state index contributed by atoms with van der Waals surface area (Å²) in [5.41, 5.74) is 0. The lowest BCUT2D eigenvalue weighted by Crippen LogP contribution is -2.48. The van der Waals surface area contributed by atoms with Gasteiger partial charge in [0.2, 0.25) is 17.4 Å². The number of carboxylic acids is 1. The second kappa shape index (κ2) is 15.8. The van der Waals surface area contributed by atoms with Crippen LogP contribution in [-0.2, 0) is 28.7 Å². The summed E-state index contributed by atoms with van der Waals surface area (Å²) in [7, 11) is 0. The molecule has 1 fully saturated rings. The number of hydrogen-bond acceptors (Lipinski definition) is 11. The van der Waals surface area contributed by atoms with Crippen LogP contribution in [0.3, 0.4) is 0 Å². The average molecular weight is 552 g/mol. The zero-order valence-corrected chi connectivity index (χ0v) is 20.3. The SMILES string of the molecule is O=COCN1CCN(COC=O)CCN(CC(=O)Oc2c(F)c(F)cc(F)c2F)CCN(CC(=O)O)CC1. The largest absolute Gasteiger partial charge is 0.480 e. The third-order valence-corrected chi connectivity index (χ3v) is 5.58. The van der Waals surface area contributed by atoms with Crippen molar-refractivity contribution >= 4 is 24.9 Å². The summed E-state index contributed by atoms with van der Waals surface area (Å²) in [5.74, 6) is -11.0. The minimum absolute atomic E-state index is 0.0163. The summed E-state index contributed by atoms with van der Waals surface area (Å²) in [6, 6.07) is -0.0163. The van der Waals surface area contributed by atoms with E-state index in [4.69, 9.17) is 9.47 Å². The van der Waals surface area contributed by atoms with Crippen molar-refractivity contribution in [2.75, 3.05) is 78.9 Å². The van der Waals surface area contributed by atoms with Crippen LogP contribution in [0.2, 0.25) is 0 Å². The number of carboxylic acid groups (broad SMARTS) is 1. The molecule has 12 nitrogen and oxygen atoms in total. The molecule has 0 radical (unpaired) electrons. The predicted octanol–water partition coefficient (Wildman–Crippen LogP) is -0.284. The molecule has 1 N–H and O–H groups in total. The number of aliphatic carboxylic acids is 1. The molecule has 1 aliphatic rings. The molecule has 1 saturated heterocycles. The molecule has 1 aromatic carbocycles. The minimum Gasteiger partial charge on any atom is -0.480 e. The fourth-order valence-corrected chi connectivity index (χ4v) is 3.59. The van der Waals surface area contributed by atoms with Crippen molar-refractivity contribution in [1.82, 2.24) is 19.6 Å². The summed E-state index contributed by atoms with van der Waals surface area (Å²) in [5, 5.41) is 9.26. The Morgan fingerprint density at radius 1 is 0.737 bits per heavy atom. The quantitative estimate of drug-likeness (QED) is 0.127. The molecule has 0 amide bonds. The Morgan fingerprint density at radius 2 is 1.13 bits per heavy atom. The lowest BCUT2D eigenvalue weighted by atomic mass is 10.3. The maximum atomic E-state index is 13.9. The van der Waals surface area contributed by atoms with Gasteiger partial charge >= 0.3 is 11.9 Å². The lowest BCUT2D eigenvalue weighted by Gasteiger charge is -2.32. The van der Waals surface area contributed by atoms with Gasteiger partial charge in [0.15, 0.2) is 11.6 Å². The molecule has 0 atom stereocenters. The highest BCUT2D eigenvalue weighted by Gasteiger charge is 2.25. The Morgan fingerprint density at radius 3 is 1.53 bits per heavy atom. The zero-order chi connectivity index (χ0) is 28.1. The van der Waals surface area contributed by atoms with Crippen LogP contribution in [-0.4, -0.2) is 128 Å². The van der Waals surface area contributed by atoms with Crippen molar-refractivity contribution in [2.24, 2.45) is 0 Å². The molecule has 212 valence electrons. The van der Waals surface area contributed by atoms with Crippen molar-refractivity contribution < 1.29 is 56.1 Å². The molecule has 16 heteroatoms. The Kier molecular flexibility index (Phi) is 12.8. The Labute approximate surface area is 215 Å². The van der Waals surface area contributed by atoms with E-state index in [1.54, 1.807) is 14.7 Å². The van der Waals surface area contributed by atoms with Gasteiger partial charge in [-0.15, -0.1) is 0 Å². The van der Waals surface area contributed by atoms with Crippen molar-refractivity contribution in [2.45, 2.75) is 0 Å². The number of carbonyl (C=O) groups is 4. The average Bonchev–Trinajstić information content (AvgIpc) is 2.87. The zero-order valence-electron chi connectivity index (χ0n) is 20.3. The van der Waals surface area contributed by atoms with Gasteiger partial charge in [0, 0.05) is 58.4 Å². The van der Waals surface area contributed by atoms with Gasteiger partial charge in [-0.25, -0.2) is 8.78 Å². The van der Waals surface area contributed by atoms with E-state index in [-0.39, 0.29) is 71.7 Å². The topological polar surface area (TPSA) is 129 Å². The van der Waals surface area contributed by atoms with Gasteiger partial charge in [-0.05, 0) is 0 Å². The third-order valence-electron chi connectivity index (χ3n) is 5.58. The first kappa shape index (κ1) is 30.9. The monoisotopic (exact) mass is 552 g/mol. The van der Waals surface area contributed by atoms with E-state index < -0.39 is 47.5 Å². The third kappa shape index (κ3) is 10.2. The van der Waals surface area contributed by atoms with Gasteiger partial charge < -0.3 is 19.3 Å². The minimum atomic E-state index is -1.86. The van der Waals surface area contributed by atoms with Crippen LogP contribution in [0.4, 0.5) is 17.6 Å². The number of carbonyl (C=O) groups excluding carboxylic acids is 3. The number of esters is 1. The highest BCUT2D eigenvalue weighted by atomic mass is 19.2. The number of halogens is 4. The molecular weight excluding hydrogens is 524 g/mol. The molecule has 0 aliphatic carbocycles. The summed E-state index contributed by atoms with van der Waals surface area (Å²) < 4.78 is 69.0. The van der Waals surface area contributed by atoms with Crippen molar-refractivity contribution in [3.63, 3.8) is 0 Å². The standard InChI is InChI=1S/C22H28F4N4O8/c23-16-9-17(24)21(26)22(20(16)25)38-19(35)11-28-2-1-27(10-18(33)34)3-5-29(12-36-14-31)7-8-30(6-4-28)13-37-15-32/h9,14-15H,1-8,10-13H2,(H,33,34). The fraction of sp³-hybridized carbons (Fsp3) is 0.545. The first-order chi connectivity index (χ1) is 18.1. The van der Waals surface area contributed by atoms with Crippen LogP contribution in [0, 0.1) is 23.3 Å². The Balaban J connectivity index is 2.17. The van der Waals surface area contributed by atoms with E-state index in [1.807, 2.05) is 0 Å². The van der Waals surface area contributed by atoms with Crippen LogP contribution in [0.25, 0.3) is 0 Å². The Hall–Kier alpha value is -3.34. The maximum absolute atomic E-state index is 13.9. The van der Waals surface area contributed by atoms with Crippen LogP contribution in [0.5, 0.6) is 5.75 Å². The van der Waals surface area contributed by atoms with E-state index >= 15 is 0 Å². The fourth-order valence-electron chi connectivity index (χ4n) is 3.59. The molecule has 0 bridgehead atoms. The Bertz CT molecular complexity index is 948. The maximum Gasteiger partial charge on any atom is 0.325 e. The summed E-state index contributed by atoms with van der Waals surface area (Å²) >= 11 is 0. The van der Waals surface area contributed by atoms with E-state index in [0.717, 1.165) is 0 Å². The van der Waals surface area contributed by atoms with Crippen molar-refractivity contribution in [3.8, 4) is 5.75 Å². The number of hydrogen-bond donors (Lipinski definition) is 1. The van der Waals surface area contributed by atoms with Crippen LogP contribution < -0.4 is 4.74 Å². The molecule has 1 aliphatic heterocycles. The van der Waals surface area contributed by atoms with E-state index in [1.165, 1.54) is 4.90 Å². The number of rotatable bonds is 11. The van der Waals surface area contributed by atoms with Gasteiger partial charge in [0.05, 0.1) is 13.1 Å². The van der Waals surface area contributed by atoms with Crippen molar-refractivity contribution in [1.29, 1.82) is 0 Å². The second-order valence-corrected chi connectivity index (χ2v) is 8.24. The lowest BCUT2D eigenvalue weighted by molar-refractivity contribution is -0.140. The normalized spacial score (nSPS) is 17.2. The number of nitrogens with zero attached hydrogens (tertiary/aromatic N) is 4. The molecule has 1 aromatic rings. The van der Waals surface area contributed by atoms with Crippen molar-refractivity contribution in [3.05, 3.63) is 29.3 Å². The molecule has 2 rings (SSSR count). The first-order valence-corrected chi connectivity index (χ1v) is 11.4. The van der Waals surface area contributed by atoms with Crippen LogP contribution >= 0.6 is 0 Å². The highest BCUT2D eigenvalue weighted by molar-refractivity contribution is 5.74. The molecule has 0 unspecified atom stereocenters. The molecule has 38 heavy (non-hydrogen) atoms. The predicted molar refractivity (Wildman–Crippen MR) is 120 cm³/mol. The molecule has 0 saturated carbocycles. The van der Waals surface area contributed by atoms with Crippen LogP contribution in [0.15, 0.2) is 6.07 Å².